The van der Waals surface area contributed by atoms with Crippen LogP contribution in [0.2, 0.25) is 0 Å². The number of hydrogen-bond acceptors (Lipinski definition) is 3. The standard InChI is InChI=1S/C33H27N3/c1-33(2,3)25-20-18-24(19-21-25)30-34-31(28-16-8-12-22-10-4-6-14-26(22)28)36-32(35-30)29-17-9-13-23-11-5-7-15-27(23)29/h4-21H,1-3H3. The number of hydrogen-bond donors (Lipinski definition) is 0. The van der Waals surface area contributed by atoms with Crippen molar-refractivity contribution < 1.29 is 0 Å². The molecule has 0 fully saturated rings. The van der Waals surface area contributed by atoms with Gasteiger partial charge in [-0.1, -0.05) is 130 Å². The highest BCUT2D eigenvalue weighted by Crippen LogP contribution is 2.32. The summed E-state index contributed by atoms with van der Waals surface area (Å²) >= 11 is 0. The van der Waals surface area contributed by atoms with Crippen molar-refractivity contribution in [1.82, 2.24) is 15.0 Å². The van der Waals surface area contributed by atoms with Gasteiger partial charge in [0.2, 0.25) is 0 Å². The third-order valence-electron chi connectivity index (χ3n) is 6.71. The fourth-order valence-corrected chi connectivity index (χ4v) is 4.71. The molecule has 5 aromatic carbocycles. The summed E-state index contributed by atoms with van der Waals surface area (Å²) in [5, 5.41) is 4.59. The topological polar surface area (TPSA) is 38.7 Å². The van der Waals surface area contributed by atoms with Crippen LogP contribution in [-0.2, 0) is 5.41 Å². The van der Waals surface area contributed by atoms with Gasteiger partial charge in [-0.3, -0.25) is 0 Å². The molecule has 1 aromatic heterocycles. The molecule has 0 aliphatic rings. The van der Waals surface area contributed by atoms with Crippen LogP contribution in [0.1, 0.15) is 26.3 Å². The molecule has 6 aromatic rings. The lowest BCUT2D eigenvalue weighted by Gasteiger charge is -2.19. The smallest absolute Gasteiger partial charge is 0.164 e. The van der Waals surface area contributed by atoms with E-state index in [1.807, 2.05) is 0 Å². The number of nitrogens with zero attached hydrogens (tertiary/aromatic N) is 3. The Hall–Kier alpha value is -4.37. The highest BCUT2D eigenvalue weighted by Gasteiger charge is 2.17. The first-order valence-electron chi connectivity index (χ1n) is 12.3. The normalized spacial score (nSPS) is 11.8. The van der Waals surface area contributed by atoms with Gasteiger partial charge < -0.3 is 0 Å². The lowest BCUT2D eigenvalue weighted by molar-refractivity contribution is 0.590. The van der Waals surface area contributed by atoms with Crippen LogP contribution < -0.4 is 0 Å². The van der Waals surface area contributed by atoms with Gasteiger partial charge >= 0.3 is 0 Å². The van der Waals surface area contributed by atoms with Crippen molar-refractivity contribution in [3.8, 4) is 34.2 Å². The van der Waals surface area contributed by atoms with E-state index in [-0.39, 0.29) is 5.41 Å². The molecule has 0 N–H and O–H groups in total. The van der Waals surface area contributed by atoms with Crippen LogP contribution in [0, 0.1) is 0 Å². The van der Waals surface area contributed by atoms with Crippen molar-refractivity contribution in [2.75, 3.05) is 0 Å². The molecule has 3 nitrogen and oxygen atoms in total. The third kappa shape index (κ3) is 4.03. The fourth-order valence-electron chi connectivity index (χ4n) is 4.71. The molecule has 0 spiro atoms. The van der Waals surface area contributed by atoms with E-state index in [1.165, 1.54) is 16.3 Å². The monoisotopic (exact) mass is 465 g/mol. The molecule has 0 radical (unpaired) electrons. The zero-order valence-electron chi connectivity index (χ0n) is 20.7. The summed E-state index contributed by atoms with van der Waals surface area (Å²) in [6.45, 7) is 6.67. The van der Waals surface area contributed by atoms with Crippen molar-refractivity contribution in [2.24, 2.45) is 0 Å². The predicted octanol–water partition coefficient (Wildman–Crippen LogP) is 8.48. The molecule has 0 saturated carbocycles. The lowest BCUT2D eigenvalue weighted by atomic mass is 9.87. The van der Waals surface area contributed by atoms with Crippen LogP contribution in [0.25, 0.3) is 55.7 Å². The SMILES string of the molecule is CC(C)(C)c1ccc(-c2nc(-c3cccc4ccccc34)nc(-c3cccc4ccccc34)n2)cc1. The van der Waals surface area contributed by atoms with Crippen LogP contribution in [0.15, 0.2) is 109 Å². The Balaban J connectivity index is 1.60. The van der Waals surface area contributed by atoms with Crippen molar-refractivity contribution in [1.29, 1.82) is 0 Å². The number of rotatable bonds is 3. The van der Waals surface area contributed by atoms with Gasteiger partial charge in [-0.25, -0.2) is 15.0 Å². The van der Waals surface area contributed by atoms with Gasteiger partial charge in [-0.15, -0.1) is 0 Å². The molecule has 6 rings (SSSR count). The van der Waals surface area contributed by atoms with Crippen LogP contribution in [-0.4, -0.2) is 15.0 Å². The molecule has 36 heavy (non-hydrogen) atoms. The molecule has 0 bridgehead atoms. The molecular formula is C33H27N3. The summed E-state index contributed by atoms with van der Waals surface area (Å²) in [4.78, 5) is 15.0. The Morgan fingerprint density at radius 1 is 0.444 bits per heavy atom. The van der Waals surface area contributed by atoms with E-state index >= 15 is 0 Å². The van der Waals surface area contributed by atoms with Crippen LogP contribution in [0.4, 0.5) is 0 Å². The van der Waals surface area contributed by atoms with Crippen LogP contribution in [0.5, 0.6) is 0 Å². The average molecular weight is 466 g/mol. The maximum absolute atomic E-state index is 5.03. The van der Waals surface area contributed by atoms with Crippen molar-refractivity contribution in [3.63, 3.8) is 0 Å². The molecule has 174 valence electrons. The minimum atomic E-state index is 0.0832. The second-order valence-corrected chi connectivity index (χ2v) is 10.2. The highest BCUT2D eigenvalue weighted by atomic mass is 15.0. The van der Waals surface area contributed by atoms with E-state index in [0.29, 0.717) is 17.5 Å². The number of aromatic nitrogens is 3. The molecular weight excluding hydrogens is 438 g/mol. The summed E-state index contributed by atoms with van der Waals surface area (Å²) in [6, 6.07) is 37.9. The Kier molecular flexibility index (Phi) is 5.34. The maximum atomic E-state index is 5.03. The van der Waals surface area contributed by atoms with Crippen molar-refractivity contribution in [2.45, 2.75) is 26.2 Å². The minimum absolute atomic E-state index is 0.0832. The van der Waals surface area contributed by atoms with Gasteiger partial charge in [0.15, 0.2) is 17.5 Å². The largest absolute Gasteiger partial charge is 0.208 e. The lowest BCUT2D eigenvalue weighted by Crippen LogP contribution is -2.10. The van der Waals surface area contributed by atoms with Gasteiger partial charge in [-0.05, 0) is 32.5 Å². The van der Waals surface area contributed by atoms with E-state index < -0.39 is 0 Å². The first-order valence-corrected chi connectivity index (χ1v) is 12.3. The number of fused-ring (bicyclic) bond motifs is 2. The van der Waals surface area contributed by atoms with Gasteiger partial charge in [-0.2, -0.15) is 0 Å². The zero-order valence-corrected chi connectivity index (χ0v) is 20.7. The first kappa shape index (κ1) is 22.1. The Morgan fingerprint density at radius 2 is 0.889 bits per heavy atom. The minimum Gasteiger partial charge on any atom is -0.208 e. The van der Waals surface area contributed by atoms with Crippen molar-refractivity contribution in [3.05, 3.63) is 115 Å². The first-order chi connectivity index (χ1) is 17.5. The summed E-state index contributed by atoms with van der Waals surface area (Å²) in [5.41, 5.74) is 4.35. The van der Waals surface area contributed by atoms with Gasteiger partial charge in [0.25, 0.3) is 0 Å². The van der Waals surface area contributed by atoms with Gasteiger partial charge in [0.1, 0.15) is 0 Å². The third-order valence-corrected chi connectivity index (χ3v) is 6.71. The molecule has 0 unspecified atom stereocenters. The van der Waals surface area contributed by atoms with E-state index in [9.17, 15) is 0 Å². The summed E-state index contributed by atoms with van der Waals surface area (Å²) in [6.07, 6.45) is 0. The zero-order chi connectivity index (χ0) is 24.7. The Labute approximate surface area is 211 Å². The quantitative estimate of drug-likeness (QED) is 0.263. The van der Waals surface area contributed by atoms with E-state index in [4.69, 9.17) is 15.0 Å². The Bertz CT molecular complexity index is 1600. The van der Waals surface area contributed by atoms with E-state index in [0.717, 1.165) is 27.5 Å². The molecule has 0 aliphatic heterocycles. The predicted molar refractivity (Wildman–Crippen MR) is 150 cm³/mol. The molecule has 0 amide bonds. The molecule has 0 saturated heterocycles. The Morgan fingerprint density at radius 3 is 1.39 bits per heavy atom. The van der Waals surface area contributed by atoms with Gasteiger partial charge in [0, 0.05) is 16.7 Å². The van der Waals surface area contributed by atoms with Crippen LogP contribution in [0.3, 0.4) is 0 Å². The van der Waals surface area contributed by atoms with Crippen LogP contribution >= 0.6 is 0 Å². The summed E-state index contributed by atoms with van der Waals surface area (Å²) in [5.74, 6) is 2.04. The fraction of sp³-hybridized carbons (Fsp3) is 0.121. The molecule has 0 atom stereocenters. The van der Waals surface area contributed by atoms with E-state index in [2.05, 4.69) is 130 Å². The molecule has 0 aliphatic carbocycles. The summed E-state index contributed by atoms with van der Waals surface area (Å²) < 4.78 is 0. The number of benzene rings is 5. The molecule has 3 heteroatoms. The maximum Gasteiger partial charge on any atom is 0.164 e. The second-order valence-electron chi connectivity index (χ2n) is 10.2. The molecule has 1 heterocycles. The van der Waals surface area contributed by atoms with Crippen molar-refractivity contribution >= 4 is 21.5 Å². The summed E-state index contributed by atoms with van der Waals surface area (Å²) in [7, 11) is 0. The highest BCUT2D eigenvalue weighted by molar-refractivity contribution is 5.97. The van der Waals surface area contributed by atoms with Gasteiger partial charge in [0.05, 0.1) is 0 Å². The average Bonchev–Trinajstić information content (AvgIpc) is 2.92. The van der Waals surface area contributed by atoms with E-state index in [1.54, 1.807) is 0 Å². The second kappa shape index (κ2) is 8.69.